The van der Waals surface area contributed by atoms with Crippen LogP contribution in [0.3, 0.4) is 0 Å². The third-order valence-electron chi connectivity index (χ3n) is 1.95. The Morgan fingerprint density at radius 3 is 2.32 bits per heavy atom. The van der Waals surface area contributed by atoms with E-state index in [9.17, 15) is 14.5 Å². The number of rotatable bonds is 3. The lowest BCUT2D eigenvalue weighted by molar-refractivity contribution is -0.385. The van der Waals surface area contributed by atoms with Crippen LogP contribution >= 0.6 is 0 Å². The van der Waals surface area contributed by atoms with Crippen molar-refractivity contribution in [1.82, 2.24) is 0 Å². The van der Waals surface area contributed by atoms with E-state index in [1.54, 1.807) is 6.07 Å². The zero-order valence-electron chi connectivity index (χ0n) is 9.22. The highest BCUT2D eigenvalue weighted by atomic mass is 19.1. The first kappa shape index (κ1) is 13.6. The van der Waals surface area contributed by atoms with E-state index in [0.29, 0.717) is 6.07 Å². The summed E-state index contributed by atoms with van der Waals surface area (Å²) in [6, 6.07) is 7.10. The van der Waals surface area contributed by atoms with Crippen molar-refractivity contribution in [3.05, 3.63) is 45.4 Å². The van der Waals surface area contributed by atoms with Crippen LogP contribution in [-0.2, 0) is 0 Å². The number of hydrogen-bond donors (Lipinski definition) is 1. The molecule has 0 saturated carbocycles. The van der Waals surface area contributed by atoms with Gasteiger partial charge in [0.1, 0.15) is 29.7 Å². The van der Waals surface area contributed by atoms with Gasteiger partial charge >= 0.3 is 0 Å². The number of nitrogens with zero attached hydrogens (tertiary/aromatic N) is 4. The molecule has 0 saturated heterocycles. The minimum absolute atomic E-state index is 0.105. The molecule has 0 aliphatic carbocycles. The summed E-state index contributed by atoms with van der Waals surface area (Å²) in [5.41, 5.74) is -1.54. The van der Waals surface area contributed by atoms with Gasteiger partial charge in [-0.3, -0.25) is 10.1 Å². The molecule has 92 valence electrons. The van der Waals surface area contributed by atoms with Crippen LogP contribution < -0.4 is 5.32 Å². The Labute approximate surface area is 106 Å². The third-order valence-corrected chi connectivity index (χ3v) is 1.95. The molecular formula is C11H4FN5O2. The number of hydrogen-bond acceptors (Lipinski definition) is 6. The van der Waals surface area contributed by atoms with Gasteiger partial charge in [0.2, 0.25) is 0 Å². The van der Waals surface area contributed by atoms with Gasteiger partial charge in [-0.15, -0.1) is 0 Å². The largest absolute Gasteiger partial charge is 0.345 e. The number of allylic oxidation sites excluding steroid dienone is 2. The SMILES string of the molecule is N#CC(C#N)=C(C#N)Nc1cc(F)cc([N+](=O)[O-])c1. The lowest BCUT2D eigenvalue weighted by atomic mass is 10.2. The highest BCUT2D eigenvalue weighted by Crippen LogP contribution is 2.21. The Bertz CT molecular complexity index is 675. The van der Waals surface area contributed by atoms with Gasteiger partial charge in [0.15, 0.2) is 5.57 Å². The number of anilines is 1. The minimum Gasteiger partial charge on any atom is -0.345 e. The smallest absolute Gasteiger partial charge is 0.274 e. The summed E-state index contributed by atoms with van der Waals surface area (Å²) in [5.74, 6) is -0.885. The van der Waals surface area contributed by atoms with Crippen molar-refractivity contribution in [2.45, 2.75) is 0 Å². The van der Waals surface area contributed by atoms with Gasteiger partial charge in [-0.05, 0) is 6.07 Å². The van der Waals surface area contributed by atoms with E-state index < -0.39 is 27.7 Å². The first-order chi connectivity index (χ1) is 9.01. The predicted octanol–water partition coefficient (Wildman–Crippen LogP) is 1.97. The Morgan fingerprint density at radius 2 is 1.84 bits per heavy atom. The molecule has 0 aliphatic rings. The Hall–Kier alpha value is -3.44. The molecule has 0 atom stereocenters. The fourth-order valence-corrected chi connectivity index (χ4v) is 1.18. The van der Waals surface area contributed by atoms with Gasteiger partial charge in [0, 0.05) is 11.8 Å². The monoisotopic (exact) mass is 257 g/mol. The molecule has 0 aliphatic heterocycles. The Morgan fingerprint density at radius 1 is 1.21 bits per heavy atom. The topological polar surface area (TPSA) is 127 Å². The van der Waals surface area contributed by atoms with E-state index >= 15 is 0 Å². The van der Waals surface area contributed by atoms with E-state index in [0.717, 1.165) is 12.1 Å². The third kappa shape index (κ3) is 3.26. The van der Waals surface area contributed by atoms with Crippen LogP contribution in [0.25, 0.3) is 0 Å². The summed E-state index contributed by atoms with van der Waals surface area (Å²) in [6.45, 7) is 0. The van der Waals surface area contributed by atoms with Crippen LogP contribution in [0.4, 0.5) is 15.8 Å². The van der Waals surface area contributed by atoms with Crippen molar-refractivity contribution >= 4 is 11.4 Å². The Balaban J connectivity index is 3.25. The van der Waals surface area contributed by atoms with E-state index in [2.05, 4.69) is 5.32 Å². The second kappa shape index (κ2) is 5.76. The molecule has 8 heteroatoms. The molecule has 0 bridgehead atoms. The summed E-state index contributed by atoms with van der Waals surface area (Å²) >= 11 is 0. The zero-order chi connectivity index (χ0) is 14.4. The maximum Gasteiger partial charge on any atom is 0.274 e. The molecule has 7 nitrogen and oxygen atoms in total. The Kier molecular flexibility index (Phi) is 4.13. The molecule has 0 heterocycles. The second-order valence-corrected chi connectivity index (χ2v) is 3.17. The standard InChI is InChI=1S/C11H4FN5O2/c12-8-1-9(3-10(2-8)17(18)19)16-11(6-15)7(4-13)5-14/h1-3,16H. The van der Waals surface area contributed by atoms with Crippen molar-refractivity contribution in [3.8, 4) is 18.2 Å². The van der Waals surface area contributed by atoms with Crippen LogP contribution in [0.5, 0.6) is 0 Å². The number of nitrogens with one attached hydrogen (secondary N) is 1. The summed E-state index contributed by atoms with van der Waals surface area (Å²) in [5, 5.41) is 38.8. The van der Waals surface area contributed by atoms with Gasteiger partial charge < -0.3 is 5.32 Å². The van der Waals surface area contributed by atoms with Crippen molar-refractivity contribution in [3.63, 3.8) is 0 Å². The summed E-state index contributed by atoms with van der Waals surface area (Å²) in [6.07, 6.45) is 0. The van der Waals surface area contributed by atoms with Gasteiger partial charge in [-0.2, -0.15) is 15.8 Å². The van der Waals surface area contributed by atoms with Crippen LogP contribution in [0.15, 0.2) is 29.5 Å². The van der Waals surface area contributed by atoms with E-state index in [-0.39, 0.29) is 5.69 Å². The van der Waals surface area contributed by atoms with Crippen molar-refractivity contribution in [2.75, 3.05) is 5.32 Å². The van der Waals surface area contributed by atoms with Crippen molar-refractivity contribution < 1.29 is 9.31 Å². The van der Waals surface area contributed by atoms with Gasteiger partial charge in [-0.25, -0.2) is 4.39 Å². The van der Waals surface area contributed by atoms with Crippen molar-refractivity contribution in [2.24, 2.45) is 0 Å². The van der Waals surface area contributed by atoms with Gasteiger partial charge in [0.05, 0.1) is 11.0 Å². The lowest BCUT2D eigenvalue weighted by Crippen LogP contribution is -2.02. The fraction of sp³-hybridized carbons (Fsp3) is 0. The summed E-state index contributed by atoms with van der Waals surface area (Å²) in [4.78, 5) is 9.73. The molecule has 1 aromatic rings. The molecular weight excluding hydrogens is 253 g/mol. The number of nitro benzene ring substituents is 1. The normalized spacial score (nSPS) is 8.53. The molecule has 0 aromatic heterocycles. The van der Waals surface area contributed by atoms with E-state index in [4.69, 9.17) is 15.8 Å². The van der Waals surface area contributed by atoms with Crippen molar-refractivity contribution in [1.29, 1.82) is 15.8 Å². The van der Waals surface area contributed by atoms with Crippen LogP contribution in [0.1, 0.15) is 0 Å². The molecule has 0 spiro atoms. The number of benzene rings is 1. The molecule has 0 amide bonds. The summed E-state index contributed by atoms with van der Waals surface area (Å²) < 4.78 is 13.1. The summed E-state index contributed by atoms with van der Waals surface area (Å²) in [7, 11) is 0. The van der Waals surface area contributed by atoms with Crippen LogP contribution in [0, 0.1) is 49.9 Å². The van der Waals surface area contributed by atoms with Crippen LogP contribution in [-0.4, -0.2) is 4.92 Å². The fourth-order valence-electron chi connectivity index (χ4n) is 1.18. The average molecular weight is 257 g/mol. The maximum atomic E-state index is 13.1. The minimum atomic E-state index is -0.885. The first-order valence-electron chi connectivity index (χ1n) is 4.68. The molecule has 1 N–H and O–H groups in total. The van der Waals surface area contributed by atoms with Crippen LogP contribution in [0.2, 0.25) is 0 Å². The quantitative estimate of drug-likeness (QED) is 0.501. The molecule has 0 radical (unpaired) electrons. The maximum absolute atomic E-state index is 13.1. The van der Waals surface area contributed by atoms with E-state index in [1.807, 2.05) is 0 Å². The van der Waals surface area contributed by atoms with Gasteiger partial charge in [0.25, 0.3) is 5.69 Å². The number of halogens is 1. The lowest BCUT2D eigenvalue weighted by Gasteiger charge is -2.04. The second-order valence-electron chi connectivity index (χ2n) is 3.17. The molecule has 1 rings (SSSR count). The average Bonchev–Trinajstić information content (AvgIpc) is 2.38. The first-order valence-corrected chi connectivity index (χ1v) is 4.68. The highest BCUT2D eigenvalue weighted by molar-refractivity contribution is 5.60. The molecule has 1 aromatic carbocycles. The predicted molar refractivity (Wildman–Crippen MR) is 60.5 cm³/mol. The molecule has 19 heavy (non-hydrogen) atoms. The number of nitro groups is 1. The molecule has 0 fully saturated rings. The number of nitriles is 3. The van der Waals surface area contributed by atoms with E-state index in [1.165, 1.54) is 12.1 Å². The van der Waals surface area contributed by atoms with Gasteiger partial charge in [-0.1, -0.05) is 0 Å². The number of non-ortho nitro benzene ring substituents is 1. The highest BCUT2D eigenvalue weighted by Gasteiger charge is 2.12. The molecule has 0 unspecified atom stereocenters. The zero-order valence-corrected chi connectivity index (χ0v) is 9.22.